The molecule has 0 radical (unpaired) electrons. The Bertz CT molecular complexity index is 276. The number of nitrogens with zero attached hydrogens (tertiary/aromatic N) is 4. The van der Waals surface area contributed by atoms with Crippen molar-refractivity contribution >= 4 is 0 Å². The fourth-order valence-corrected chi connectivity index (χ4v) is 1.52. The van der Waals surface area contributed by atoms with Crippen molar-refractivity contribution in [1.29, 1.82) is 0 Å². The Morgan fingerprint density at radius 1 is 1.53 bits per heavy atom. The number of hydrogen-bond donors (Lipinski definition) is 1. The number of aliphatic hydroxyl groups is 1. The fraction of sp³-hybridized carbons (Fsp3) is 1.00. The predicted octanol–water partition coefficient (Wildman–Crippen LogP) is 1.30. The largest absolute Gasteiger partial charge is 0.418 e. The van der Waals surface area contributed by atoms with Gasteiger partial charge in [-0.05, 0) is 12.0 Å². The van der Waals surface area contributed by atoms with Gasteiger partial charge in [0.2, 0.25) is 0 Å². The molecule has 0 aromatic carbocycles. The maximum Gasteiger partial charge on any atom is 0.418 e. The van der Waals surface area contributed by atoms with Gasteiger partial charge in [-0.15, -0.1) is 0 Å². The Balaban J connectivity index is 2.48. The third-order valence-corrected chi connectivity index (χ3v) is 2.43. The van der Waals surface area contributed by atoms with Crippen LogP contribution >= 0.6 is 0 Å². The maximum absolute atomic E-state index is 12.3. The van der Waals surface area contributed by atoms with E-state index in [1.54, 1.807) is 0 Å². The number of azide groups is 1. The Kier molecular flexibility index (Phi) is 3.43. The van der Waals surface area contributed by atoms with Crippen LogP contribution in [0.4, 0.5) is 13.2 Å². The smallest absolute Gasteiger partial charge is 0.379 e. The predicted molar refractivity (Wildman–Crippen MR) is 46.1 cm³/mol. The fourth-order valence-electron chi connectivity index (χ4n) is 1.52. The van der Waals surface area contributed by atoms with Crippen molar-refractivity contribution < 1.29 is 18.3 Å². The molecule has 0 spiro atoms. The molecule has 1 N–H and O–H groups in total. The molecule has 0 saturated carbocycles. The van der Waals surface area contributed by atoms with E-state index < -0.39 is 18.3 Å². The van der Waals surface area contributed by atoms with Gasteiger partial charge in [0, 0.05) is 31.1 Å². The second-order valence-corrected chi connectivity index (χ2v) is 3.51. The van der Waals surface area contributed by atoms with Gasteiger partial charge in [0.25, 0.3) is 0 Å². The summed E-state index contributed by atoms with van der Waals surface area (Å²) in [4.78, 5) is 3.93. The third kappa shape index (κ3) is 2.74. The topological polar surface area (TPSA) is 72.2 Å². The minimum atomic E-state index is -4.60. The molecule has 1 fully saturated rings. The standard InChI is InChI=1S/C7H11F3N4O/c8-7(9,10)6(15)1-3-14(5-6)4-2-12-13-11/h15H,1-5H2/t6-/m1/s1. The number of hydrogen-bond acceptors (Lipinski definition) is 3. The monoisotopic (exact) mass is 224 g/mol. The molecule has 1 aliphatic heterocycles. The number of rotatable bonds is 3. The molecule has 86 valence electrons. The van der Waals surface area contributed by atoms with Crippen LogP contribution in [0.3, 0.4) is 0 Å². The van der Waals surface area contributed by atoms with Crippen LogP contribution in [0.2, 0.25) is 0 Å². The van der Waals surface area contributed by atoms with Crippen LogP contribution in [-0.4, -0.2) is 48.0 Å². The minimum Gasteiger partial charge on any atom is -0.379 e. The quantitative estimate of drug-likeness (QED) is 0.445. The highest BCUT2D eigenvalue weighted by Crippen LogP contribution is 2.37. The lowest BCUT2D eigenvalue weighted by molar-refractivity contribution is -0.253. The lowest BCUT2D eigenvalue weighted by Crippen LogP contribution is -2.47. The number of alkyl halides is 3. The summed E-state index contributed by atoms with van der Waals surface area (Å²) >= 11 is 0. The normalized spacial score (nSPS) is 27.7. The summed E-state index contributed by atoms with van der Waals surface area (Å²) in [6.45, 7) is 0.0707. The second kappa shape index (κ2) is 4.26. The first kappa shape index (κ1) is 12.1. The average molecular weight is 224 g/mol. The molecule has 1 saturated heterocycles. The van der Waals surface area contributed by atoms with Crippen molar-refractivity contribution in [3.8, 4) is 0 Å². The van der Waals surface area contributed by atoms with E-state index in [-0.39, 0.29) is 26.1 Å². The van der Waals surface area contributed by atoms with Gasteiger partial charge >= 0.3 is 6.18 Å². The van der Waals surface area contributed by atoms with Crippen molar-refractivity contribution in [3.63, 3.8) is 0 Å². The van der Waals surface area contributed by atoms with Crippen LogP contribution in [0.1, 0.15) is 6.42 Å². The van der Waals surface area contributed by atoms with E-state index in [1.165, 1.54) is 4.90 Å². The van der Waals surface area contributed by atoms with Crippen LogP contribution in [0.15, 0.2) is 5.11 Å². The molecular weight excluding hydrogens is 213 g/mol. The van der Waals surface area contributed by atoms with Crippen molar-refractivity contribution in [2.75, 3.05) is 26.2 Å². The minimum absolute atomic E-state index is 0.116. The van der Waals surface area contributed by atoms with Crippen LogP contribution in [0.25, 0.3) is 10.4 Å². The first-order chi connectivity index (χ1) is 6.89. The second-order valence-electron chi connectivity index (χ2n) is 3.51. The summed E-state index contributed by atoms with van der Waals surface area (Å²) in [6, 6.07) is 0. The lowest BCUT2D eigenvalue weighted by Gasteiger charge is -2.25. The first-order valence-electron chi connectivity index (χ1n) is 4.41. The molecule has 0 unspecified atom stereocenters. The van der Waals surface area contributed by atoms with Gasteiger partial charge in [-0.25, -0.2) is 0 Å². The van der Waals surface area contributed by atoms with Gasteiger partial charge in [0.05, 0.1) is 0 Å². The molecule has 0 amide bonds. The third-order valence-electron chi connectivity index (χ3n) is 2.43. The van der Waals surface area contributed by atoms with Crippen molar-refractivity contribution in [2.45, 2.75) is 18.2 Å². The molecule has 0 aromatic heterocycles. The molecule has 0 aromatic rings. The average Bonchev–Trinajstić information content (AvgIpc) is 2.48. The Labute approximate surface area is 84.1 Å². The molecule has 0 bridgehead atoms. The Morgan fingerprint density at radius 3 is 2.67 bits per heavy atom. The summed E-state index contributed by atoms with van der Waals surface area (Å²) in [7, 11) is 0. The van der Waals surface area contributed by atoms with E-state index in [0.29, 0.717) is 0 Å². The van der Waals surface area contributed by atoms with Gasteiger partial charge in [0.1, 0.15) is 0 Å². The van der Waals surface area contributed by atoms with Gasteiger partial charge in [-0.1, -0.05) is 5.11 Å². The number of halogens is 3. The van der Waals surface area contributed by atoms with Gasteiger partial charge in [0.15, 0.2) is 5.60 Å². The summed E-state index contributed by atoms with van der Waals surface area (Å²) in [5.41, 5.74) is 5.37. The zero-order valence-electron chi connectivity index (χ0n) is 7.91. The molecule has 1 atom stereocenters. The first-order valence-corrected chi connectivity index (χ1v) is 4.41. The summed E-state index contributed by atoms with van der Waals surface area (Å²) in [5.74, 6) is 0. The zero-order chi connectivity index (χ0) is 11.5. The Morgan fingerprint density at radius 2 is 2.20 bits per heavy atom. The van der Waals surface area contributed by atoms with Crippen molar-refractivity contribution in [1.82, 2.24) is 4.90 Å². The van der Waals surface area contributed by atoms with E-state index in [4.69, 9.17) is 5.53 Å². The lowest BCUT2D eigenvalue weighted by atomic mass is 10.0. The van der Waals surface area contributed by atoms with Gasteiger partial charge in [-0.3, -0.25) is 4.90 Å². The highest BCUT2D eigenvalue weighted by Gasteiger charge is 2.56. The van der Waals surface area contributed by atoms with Crippen LogP contribution < -0.4 is 0 Å². The molecule has 1 heterocycles. The van der Waals surface area contributed by atoms with Gasteiger partial charge in [-0.2, -0.15) is 13.2 Å². The zero-order valence-corrected chi connectivity index (χ0v) is 7.91. The molecule has 0 aliphatic carbocycles. The van der Waals surface area contributed by atoms with Crippen molar-refractivity contribution in [2.24, 2.45) is 5.11 Å². The summed E-state index contributed by atoms with van der Waals surface area (Å²) in [5, 5.41) is 12.5. The number of β-amino-alcohol motifs (C(OH)–C–C–N with tert-alkyl or cyclic N) is 1. The molecular formula is C7H11F3N4O. The SMILES string of the molecule is [N-]=[N+]=NCCN1CC[C@](O)(C(F)(F)F)C1. The van der Waals surface area contributed by atoms with Gasteiger partial charge < -0.3 is 5.11 Å². The Hall–Kier alpha value is -0.980. The van der Waals surface area contributed by atoms with Crippen LogP contribution in [0, 0.1) is 0 Å². The van der Waals surface area contributed by atoms with E-state index >= 15 is 0 Å². The van der Waals surface area contributed by atoms with E-state index in [0.717, 1.165) is 0 Å². The highest BCUT2D eigenvalue weighted by molar-refractivity contribution is 4.95. The number of likely N-dealkylation sites (tertiary alicyclic amines) is 1. The van der Waals surface area contributed by atoms with Crippen LogP contribution in [-0.2, 0) is 0 Å². The molecule has 15 heavy (non-hydrogen) atoms. The highest BCUT2D eigenvalue weighted by atomic mass is 19.4. The summed E-state index contributed by atoms with van der Waals surface area (Å²) < 4.78 is 37.0. The molecule has 8 heteroatoms. The maximum atomic E-state index is 12.3. The molecule has 5 nitrogen and oxygen atoms in total. The van der Waals surface area contributed by atoms with Crippen molar-refractivity contribution in [3.05, 3.63) is 10.4 Å². The molecule has 1 aliphatic rings. The molecule has 1 rings (SSSR count). The summed E-state index contributed by atoms with van der Waals surface area (Å²) in [6.07, 6.45) is -4.92. The van der Waals surface area contributed by atoms with Crippen LogP contribution in [0.5, 0.6) is 0 Å². The van der Waals surface area contributed by atoms with E-state index in [9.17, 15) is 18.3 Å². The van der Waals surface area contributed by atoms with E-state index in [1.807, 2.05) is 0 Å². The van der Waals surface area contributed by atoms with E-state index in [2.05, 4.69) is 10.0 Å².